The van der Waals surface area contributed by atoms with Crippen molar-refractivity contribution in [1.29, 1.82) is 0 Å². The van der Waals surface area contributed by atoms with Crippen LogP contribution in [0.5, 0.6) is 0 Å². The molecule has 6 heteroatoms. The van der Waals surface area contributed by atoms with Crippen molar-refractivity contribution in [3.63, 3.8) is 0 Å². The normalized spacial score (nSPS) is 10.9. The minimum atomic E-state index is -4.62. The number of benzene rings is 2. The molecule has 2 aromatic rings. The molecule has 0 bridgehead atoms. The third kappa shape index (κ3) is 3.03. The fourth-order valence-corrected chi connectivity index (χ4v) is 2.28. The minimum absolute atomic E-state index is 0. The molecule has 0 radical (unpaired) electrons. The van der Waals surface area contributed by atoms with Gasteiger partial charge >= 0.3 is 51.4 Å². The van der Waals surface area contributed by atoms with Crippen LogP contribution in [0, 0.1) is 0 Å². The van der Waals surface area contributed by atoms with Crippen molar-refractivity contribution in [1.82, 2.24) is 0 Å². The second-order valence-electron chi connectivity index (χ2n) is 3.27. The number of carbonyl (C=O) groups excluding carboxylic acids is 1. The van der Waals surface area contributed by atoms with Crippen molar-refractivity contribution in [2.24, 2.45) is 0 Å². The SMILES string of the molecule is O=Cc1c(S(=O)(=O)[O-])ccc2ccccc12.[K+]. The molecule has 0 aliphatic heterocycles. The Labute approximate surface area is 141 Å². The number of hydrogen-bond acceptors (Lipinski definition) is 4. The molecule has 0 spiro atoms. The summed E-state index contributed by atoms with van der Waals surface area (Å²) in [4.78, 5) is 10.4. The standard InChI is InChI=1S/C11H8O4S.K/c12-7-10-9-4-2-1-3-8(9)5-6-11(10)16(13,14)15;/h1-7H,(H,13,14,15);/q;+1/p-1. The molecule has 0 aliphatic rings. The third-order valence-corrected chi connectivity index (χ3v) is 3.21. The molecule has 0 saturated heterocycles. The van der Waals surface area contributed by atoms with Crippen LogP contribution in [0.1, 0.15) is 10.4 Å². The topological polar surface area (TPSA) is 74.3 Å². The van der Waals surface area contributed by atoms with Gasteiger partial charge in [0, 0.05) is 5.56 Å². The molecule has 4 nitrogen and oxygen atoms in total. The summed E-state index contributed by atoms with van der Waals surface area (Å²) < 4.78 is 32.8. The van der Waals surface area contributed by atoms with E-state index in [2.05, 4.69) is 0 Å². The largest absolute Gasteiger partial charge is 1.00 e. The third-order valence-electron chi connectivity index (χ3n) is 2.32. The molecular weight excluding hydrogens is 267 g/mol. The molecule has 0 aromatic heterocycles. The first-order valence-corrected chi connectivity index (χ1v) is 5.87. The van der Waals surface area contributed by atoms with Crippen molar-refractivity contribution < 1.29 is 69.1 Å². The van der Waals surface area contributed by atoms with E-state index in [0.717, 1.165) is 11.5 Å². The van der Waals surface area contributed by atoms with Gasteiger partial charge in [-0.2, -0.15) is 0 Å². The maximum absolute atomic E-state index is 10.9. The van der Waals surface area contributed by atoms with Crippen LogP contribution in [0.15, 0.2) is 41.3 Å². The molecule has 0 aliphatic carbocycles. The van der Waals surface area contributed by atoms with Crippen LogP contribution in [0.4, 0.5) is 0 Å². The van der Waals surface area contributed by atoms with Gasteiger partial charge in [-0.3, -0.25) is 4.79 Å². The first-order valence-electron chi connectivity index (χ1n) is 4.47. The summed E-state index contributed by atoms with van der Waals surface area (Å²) in [7, 11) is -4.62. The molecule has 17 heavy (non-hydrogen) atoms. The summed E-state index contributed by atoms with van der Waals surface area (Å²) in [5.41, 5.74) is -0.0758. The maximum Gasteiger partial charge on any atom is 1.00 e. The molecule has 0 unspecified atom stereocenters. The van der Waals surface area contributed by atoms with Gasteiger partial charge in [-0.25, -0.2) is 8.42 Å². The summed E-state index contributed by atoms with van der Waals surface area (Å²) in [5.74, 6) is 0. The van der Waals surface area contributed by atoms with E-state index in [-0.39, 0.29) is 56.9 Å². The van der Waals surface area contributed by atoms with Gasteiger partial charge in [0.15, 0.2) is 6.29 Å². The Hall–Kier alpha value is -0.0836. The Morgan fingerprint density at radius 1 is 1.06 bits per heavy atom. The predicted octanol–water partition coefficient (Wildman–Crippen LogP) is -1.44. The molecule has 2 aromatic carbocycles. The maximum atomic E-state index is 10.9. The molecular formula is C11H7KO4S. The molecule has 0 N–H and O–H groups in total. The molecule has 0 heterocycles. The van der Waals surface area contributed by atoms with Gasteiger partial charge < -0.3 is 4.55 Å². The van der Waals surface area contributed by atoms with Crippen molar-refractivity contribution in [3.8, 4) is 0 Å². The monoisotopic (exact) mass is 274 g/mol. The number of hydrogen-bond donors (Lipinski definition) is 0. The smallest absolute Gasteiger partial charge is 0.744 e. The van der Waals surface area contributed by atoms with Crippen LogP contribution in [0.2, 0.25) is 0 Å². The Kier molecular flexibility index (Phi) is 5.02. The molecule has 2 rings (SSSR count). The van der Waals surface area contributed by atoms with Gasteiger partial charge in [-0.05, 0) is 16.8 Å². The van der Waals surface area contributed by atoms with E-state index in [1.54, 1.807) is 24.3 Å². The fraction of sp³-hybridized carbons (Fsp3) is 0. The van der Waals surface area contributed by atoms with E-state index in [9.17, 15) is 17.8 Å². The van der Waals surface area contributed by atoms with Gasteiger partial charge in [-0.15, -0.1) is 0 Å². The number of rotatable bonds is 2. The summed E-state index contributed by atoms with van der Waals surface area (Å²) in [6.07, 6.45) is 0.396. The van der Waals surface area contributed by atoms with Gasteiger partial charge in [0.2, 0.25) is 0 Å². The average molecular weight is 274 g/mol. The summed E-state index contributed by atoms with van der Waals surface area (Å²) in [6, 6.07) is 9.46. The minimum Gasteiger partial charge on any atom is -0.744 e. The predicted molar refractivity (Wildman–Crippen MR) is 57.3 cm³/mol. The van der Waals surface area contributed by atoms with E-state index in [1.807, 2.05) is 0 Å². The van der Waals surface area contributed by atoms with Gasteiger partial charge in [0.1, 0.15) is 10.1 Å². The van der Waals surface area contributed by atoms with Gasteiger partial charge in [0.05, 0.1) is 4.90 Å². The van der Waals surface area contributed by atoms with Crippen LogP contribution in [0.3, 0.4) is 0 Å². The van der Waals surface area contributed by atoms with Crippen LogP contribution >= 0.6 is 0 Å². The van der Waals surface area contributed by atoms with Crippen LogP contribution in [-0.4, -0.2) is 19.3 Å². The zero-order chi connectivity index (χ0) is 11.8. The summed E-state index contributed by atoms with van der Waals surface area (Å²) in [6.45, 7) is 0. The number of fused-ring (bicyclic) bond motifs is 1. The quantitative estimate of drug-likeness (QED) is 0.382. The van der Waals surface area contributed by atoms with Crippen LogP contribution in [0.25, 0.3) is 10.8 Å². The number of carbonyl (C=O) groups is 1. The molecule has 82 valence electrons. The van der Waals surface area contributed by atoms with Crippen molar-refractivity contribution in [2.45, 2.75) is 4.90 Å². The molecule has 0 amide bonds. The molecule has 0 fully saturated rings. The van der Waals surface area contributed by atoms with E-state index >= 15 is 0 Å². The van der Waals surface area contributed by atoms with Crippen LogP contribution < -0.4 is 51.4 Å². The first-order chi connectivity index (χ1) is 7.54. The van der Waals surface area contributed by atoms with Crippen molar-refractivity contribution >= 4 is 27.2 Å². The Morgan fingerprint density at radius 2 is 1.71 bits per heavy atom. The second-order valence-corrected chi connectivity index (χ2v) is 4.62. The van der Waals surface area contributed by atoms with Crippen LogP contribution in [-0.2, 0) is 10.1 Å². The van der Waals surface area contributed by atoms with E-state index < -0.39 is 15.0 Å². The van der Waals surface area contributed by atoms with E-state index in [4.69, 9.17) is 0 Å². The second kappa shape index (κ2) is 5.70. The average Bonchev–Trinajstić information content (AvgIpc) is 2.26. The van der Waals surface area contributed by atoms with Gasteiger partial charge in [-0.1, -0.05) is 30.3 Å². The number of aldehydes is 1. The van der Waals surface area contributed by atoms with Crippen molar-refractivity contribution in [3.05, 3.63) is 42.0 Å². The Morgan fingerprint density at radius 3 is 2.29 bits per heavy atom. The summed E-state index contributed by atoms with van der Waals surface area (Å²) >= 11 is 0. The summed E-state index contributed by atoms with van der Waals surface area (Å²) in [5, 5.41) is 1.19. The molecule has 0 atom stereocenters. The van der Waals surface area contributed by atoms with E-state index in [1.165, 1.54) is 6.07 Å². The fourth-order valence-electron chi connectivity index (χ4n) is 1.62. The zero-order valence-electron chi connectivity index (χ0n) is 9.08. The molecule has 0 saturated carbocycles. The zero-order valence-corrected chi connectivity index (χ0v) is 13.0. The Balaban J connectivity index is 0.00000144. The van der Waals surface area contributed by atoms with Gasteiger partial charge in [0.25, 0.3) is 0 Å². The van der Waals surface area contributed by atoms with Crippen molar-refractivity contribution in [2.75, 3.05) is 0 Å². The Bertz CT molecular complexity index is 664. The first kappa shape index (κ1) is 15.0. The van der Waals surface area contributed by atoms with E-state index in [0.29, 0.717) is 11.7 Å².